The van der Waals surface area contributed by atoms with Crippen molar-refractivity contribution in [2.45, 2.75) is 19.9 Å². The summed E-state index contributed by atoms with van der Waals surface area (Å²) in [6, 6.07) is 4.12. The number of anilines is 1. The van der Waals surface area contributed by atoms with Gasteiger partial charge < -0.3 is 9.42 Å². The van der Waals surface area contributed by atoms with Crippen molar-refractivity contribution in [1.29, 1.82) is 0 Å². The van der Waals surface area contributed by atoms with Crippen LogP contribution in [-0.2, 0) is 18.7 Å². The highest BCUT2D eigenvalue weighted by atomic mass is 35.7. The predicted octanol–water partition coefficient (Wildman–Crippen LogP) is 2.62. The van der Waals surface area contributed by atoms with Crippen LogP contribution in [0.2, 0.25) is 0 Å². The second-order valence-electron chi connectivity index (χ2n) is 4.05. The number of hydrogen-bond donors (Lipinski definition) is 1. The van der Waals surface area contributed by atoms with Gasteiger partial charge in [0.1, 0.15) is 0 Å². The van der Waals surface area contributed by atoms with Crippen LogP contribution in [0.5, 0.6) is 0 Å². The van der Waals surface area contributed by atoms with Crippen molar-refractivity contribution < 1.29 is 28.5 Å². The maximum absolute atomic E-state index is 11.8. The molecule has 1 rings (SSSR count). The second-order valence-corrected chi connectivity index (χ2v) is 6.42. The number of hydroxylamine groups is 1. The first kappa shape index (κ1) is 18.4. The van der Waals surface area contributed by atoms with Gasteiger partial charge in [-0.25, -0.2) is 14.4 Å². The maximum atomic E-state index is 11.8. The summed E-state index contributed by atoms with van der Waals surface area (Å²) in [5.41, 5.74) is 0.204. The Morgan fingerprint density at radius 1 is 1.50 bits per heavy atom. The average Bonchev–Trinajstić information content (AvgIpc) is 2.42. The Balaban J connectivity index is 2.99. The topological polar surface area (TPSA) is 119 Å². The van der Waals surface area contributed by atoms with E-state index >= 15 is 0 Å². The number of benzene rings is 1. The van der Waals surface area contributed by atoms with Crippen LogP contribution in [0.25, 0.3) is 0 Å². The fraction of sp³-hybridized carbons (Fsp3) is 0.364. The molecule has 22 heavy (non-hydrogen) atoms. The van der Waals surface area contributed by atoms with Gasteiger partial charge in [0, 0.05) is 23.4 Å². The van der Waals surface area contributed by atoms with Gasteiger partial charge in [-0.3, -0.25) is 15.0 Å². The lowest BCUT2D eigenvalue weighted by Gasteiger charge is -2.28. The monoisotopic (exact) mass is 352 g/mol. The highest BCUT2D eigenvalue weighted by Crippen LogP contribution is 2.48. The predicted molar refractivity (Wildman–Crippen MR) is 78.4 cm³/mol. The summed E-state index contributed by atoms with van der Waals surface area (Å²) in [5, 5.41) is 11.7. The zero-order chi connectivity index (χ0) is 16.9. The molecule has 0 aliphatic heterocycles. The lowest BCUT2D eigenvalue weighted by molar-refractivity contribution is -0.384. The molecule has 1 aromatic carbocycles. The lowest BCUT2D eigenvalue weighted by atomic mass is 10.2. The molecular formula is C11H14ClN2O7P. The summed E-state index contributed by atoms with van der Waals surface area (Å²) in [5.74, 6) is -1.08. The Kier molecular flexibility index (Phi) is 6.31. The molecule has 0 aliphatic rings. The van der Waals surface area contributed by atoms with Gasteiger partial charge in [0.2, 0.25) is 0 Å². The highest BCUT2D eigenvalue weighted by molar-refractivity contribution is 7.80. The normalized spacial score (nSPS) is 14.7. The first-order valence-corrected chi connectivity index (χ1v) is 8.56. The Morgan fingerprint density at radius 3 is 2.45 bits per heavy atom. The molecule has 0 heterocycles. The van der Waals surface area contributed by atoms with Gasteiger partial charge >= 0.3 is 12.9 Å². The lowest BCUT2D eigenvalue weighted by Crippen LogP contribution is -2.39. The van der Waals surface area contributed by atoms with Gasteiger partial charge in [0.15, 0.2) is 6.04 Å². The number of hydrogen-bond acceptors (Lipinski definition) is 7. The Morgan fingerprint density at radius 2 is 2.05 bits per heavy atom. The van der Waals surface area contributed by atoms with E-state index in [2.05, 4.69) is 4.52 Å². The van der Waals surface area contributed by atoms with Crippen molar-refractivity contribution in [2.24, 2.45) is 0 Å². The van der Waals surface area contributed by atoms with Crippen LogP contribution in [0.15, 0.2) is 24.3 Å². The molecule has 2 atom stereocenters. The van der Waals surface area contributed by atoms with E-state index < -0.39 is 23.9 Å². The zero-order valence-electron chi connectivity index (χ0n) is 11.7. The van der Waals surface area contributed by atoms with Crippen LogP contribution in [0.3, 0.4) is 0 Å². The standard InChI is InChI=1S/C11H14ClN2O7P/c1-3-20-13(8(2)11(15)21-22(12,18)19)9-4-6-10(7-5-9)14(16)17/h4-8H,3H2,1-2H3,(H,18,19)/t8-/m0/s1. The Bertz CT molecular complexity index is 589. The van der Waals surface area contributed by atoms with E-state index in [0.29, 0.717) is 5.69 Å². The molecule has 122 valence electrons. The van der Waals surface area contributed by atoms with Crippen LogP contribution in [-0.4, -0.2) is 28.4 Å². The van der Waals surface area contributed by atoms with Crippen molar-refractivity contribution in [3.8, 4) is 0 Å². The number of non-ortho nitro benzene ring substituents is 1. The number of nitrogens with zero attached hydrogens (tertiary/aromatic N) is 2. The minimum Gasteiger partial charge on any atom is -0.379 e. The molecule has 1 unspecified atom stereocenters. The van der Waals surface area contributed by atoms with Crippen LogP contribution in [0.1, 0.15) is 13.8 Å². The fourth-order valence-corrected chi connectivity index (χ4v) is 2.13. The summed E-state index contributed by atoms with van der Waals surface area (Å²) in [6.07, 6.45) is 0. The molecule has 0 spiro atoms. The molecule has 0 radical (unpaired) electrons. The quantitative estimate of drug-likeness (QED) is 0.452. The third kappa shape index (κ3) is 5.27. The van der Waals surface area contributed by atoms with Crippen molar-refractivity contribution >= 4 is 35.5 Å². The molecule has 0 saturated heterocycles. The molecule has 0 saturated carbocycles. The van der Waals surface area contributed by atoms with E-state index in [0.717, 1.165) is 5.06 Å². The van der Waals surface area contributed by atoms with Gasteiger partial charge in [-0.1, -0.05) is 0 Å². The number of halogens is 1. The highest BCUT2D eigenvalue weighted by Gasteiger charge is 2.30. The van der Waals surface area contributed by atoms with Gasteiger partial charge in [0.05, 0.1) is 17.2 Å². The third-order valence-corrected chi connectivity index (χ3v) is 3.09. The van der Waals surface area contributed by atoms with Gasteiger partial charge in [-0.05, 0) is 26.0 Å². The number of carbonyl (C=O) groups excluding carboxylic acids is 1. The fourth-order valence-electron chi connectivity index (χ4n) is 1.55. The van der Waals surface area contributed by atoms with Crippen molar-refractivity contribution in [1.82, 2.24) is 0 Å². The van der Waals surface area contributed by atoms with E-state index in [1.807, 2.05) is 0 Å². The third-order valence-electron chi connectivity index (χ3n) is 2.48. The van der Waals surface area contributed by atoms with E-state index in [-0.39, 0.29) is 12.3 Å². The Labute approximate surface area is 130 Å². The largest absolute Gasteiger partial charge is 0.476 e. The Hall–Kier alpha value is -1.67. The van der Waals surface area contributed by atoms with Gasteiger partial charge in [-0.2, -0.15) is 0 Å². The van der Waals surface area contributed by atoms with E-state index in [1.54, 1.807) is 6.92 Å². The SMILES string of the molecule is CCON(c1ccc([N+](=O)[O-])cc1)[C@@H](C)C(=O)OP(=O)(O)Cl. The summed E-state index contributed by atoms with van der Waals surface area (Å²) < 4.78 is 15.1. The van der Waals surface area contributed by atoms with Crippen LogP contribution in [0.4, 0.5) is 11.4 Å². The van der Waals surface area contributed by atoms with Crippen LogP contribution in [0, 0.1) is 10.1 Å². The van der Waals surface area contributed by atoms with Crippen molar-refractivity contribution in [3.63, 3.8) is 0 Å². The van der Waals surface area contributed by atoms with E-state index in [1.165, 1.54) is 31.2 Å². The molecule has 0 bridgehead atoms. The molecule has 0 amide bonds. The van der Waals surface area contributed by atoms with E-state index in [9.17, 15) is 19.5 Å². The number of carbonyl (C=O) groups is 1. The molecule has 1 aromatic rings. The molecule has 0 aliphatic carbocycles. The molecule has 0 fully saturated rings. The van der Waals surface area contributed by atoms with Gasteiger partial charge in [0.25, 0.3) is 5.69 Å². The molecule has 0 aromatic heterocycles. The number of rotatable bonds is 7. The zero-order valence-corrected chi connectivity index (χ0v) is 13.4. The molecule has 9 nitrogen and oxygen atoms in total. The van der Waals surface area contributed by atoms with E-state index in [4.69, 9.17) is 21.0 Å². The summed E-state index contributed by atoms with van der Waals surface area (Å²) in [4.78, 5) is 35.9. The number of nitro groups is 1. The number of nitro benzene ring substituents is 1. The minimum absolute atomic E-state index is 0.129. The summed E-state index contributed by atoms with van der Waals surface area (Å²) >= 11 is 4.99. The second kappa shape index (κ2) is 7.55. The minimum atomic E-state index is -4.50. The first-order chi connectivity index (χ1) is 10.2. The van der Waals surface area contributed by atoms with Gasteiger partial charge in [-0.15, -0.1) is 0 Å². The van der Waals surface area contributed by atoms with Crippen molar-refractivity contribution in [3.05, 3.63) is 34.4 Å². The smallest absolute Gasteiger partial charge is 0.379 e. The van der Waals surface area contributed by atoms with Crippen molar-refractivity contribution in [2.75, 3.05) is 11.7 Å². The first-order valence-electron chi connectivity index (χ1n) is 6.08. The molecule has 11 heteroatoms. The molecular weight excluding hydrogens is 339 g/mol. The van der Waals surface area contributed by atoms with Crippen LogP contribution < -0.4 is 5.06 Å². The molecule has 1 N–H and O–H groups in total. The average molecular weight is 353 g/mol. The maximum Gasteiger partial charge on any atom is 0.476 e. The van der Waals surface area contributed by atoms with Crippen LogP contribution >= 0.6 is 18.2 Å². The summed E-state index contributed by atoms with van der Waals surface area (Å²) in [6.45, 7) is -1.28. The summed E-state index contributed by atoms with van der Waals surface area (Å²) in [7, 11) is 0.